The second-order valence-electron chi connectivity index (χ2n) is 10.7. The highest BCUT2D eigenvalue weighted by Gasteiger charge is 2.21. The van der Waals surface area contributed by atoms with Gasteiger partial charge in [-0.25, -0.2) is 4.39 Å². The molecule has 0 aliphatic rings. The van der Waals surface area contributed by atoms with Crippen molar-refractivity contribution in [2.45, 2.75) is 0 Å². The molecule has 2 amide bonds. The number of benzene rings is 4. The van der Waals surface area contributed by atoms with E-state index in [2.05, 4.69) is 10.6 Å². The van der Waals surface area contributed by atoms with Crippen molar-refractivity contribution in [3.05, 3.63) is 128 Å². The molecule has 15 heteroatoms. The number of hydrogen-bond acceptors (Lipinski definition) is 10. The van der Waals surface area contributed by atoms with Crippen molar-refractivity contribution in [1.82, 2.24) is 10.6 Å². The van der Waals surface area contributed by atoms with Crippen LogP contribution in [0, 0.1) is 5.82 Å². The maximum absolute atomic E-state index is 13.0. The van der Waals surface area contributed by atoms with Crippen molar-refractivity contribution in [1.29, 1.82) is 0 Å². The standard InChI is InChI=1S/C18H12FNO5S.C18H13NO5S/c19-11-4-1-9(2-5-11)10-3-6-12-13(7-10)26-18(25)15(16(12)23)17(24)20-8-14(21)22;20-14(21)9-19-17(23)15-16(22)12-7-6-11(8-13(12)25-18(15)24)10-4-2-1-3-5-10/h1-7,25H,8H2,(H,20,24)(H,21,22);1-8,24H,9H2,(H,19,23)(H,20,21). The summed E-state index contributed by atoms with van der Waals surface area (Å²) in [6.07, 6.45) is 0. The summed E-state index contributed by atoms with van der Waals surface area (Å²) in [5.74, 6) is -4.73. The molecule has 0 saturated heterocycles. The Morgan fingerprint density at radius 2 is 0.961 bits per heavy atom. The van der Waals surface area contributed by atoms with Crippen molar-refractivity contribution in [3.8, 4) is 32.4 Å². The summed E-state index contributed by atoms with van der Waals surface area (Å²) >= 11 is 1.73. The van der Waals surface area contributed by atoms with Gasteiger partial charge < -0.3 is 31.1 Å². The fourth-order valence-corrected chi connectivity index (χ4v) is 6.79. The number of rotatable bonds is 8. The van der Waals surface area contributed by atoms with Crippen LogP contribution in [-0.4, -0.2) is 57.3 Å². The molecule has 6 aromatic rings. The predicted octanol–water partition coefficient (Wildman–Crippen LogP) is 5.04. The normalized spacial score (nSPS) is 10.6. The van der Waals surface area contributed by atoms with Gasteiger partial charge in [0.25, 0.3) is 11.8 Å². The van der Waals surface area contributed by atoms with E-state index in [0.717, 1.165) is 44.9 Å². The first-order chi connectivity index (χ1) is 24.3. The molecule has 4 aromatic carbocycles. The van der Waals surface area contributed by atoms with Gasteiger partial charge in [0.2, 0.25) is 10.9 Å². The molecular weight excluding hydrogens is 704 g/mol. The maximum Gasteiger partial charge on any atom is 0.322 e. The van der Waals surface area contributed by atoms with Crippen LogP contribution in [0.15, 0.2) is 101 Å². The highest BCUT2D eigenvalue weighted by Crippen LogP contribution is 2.32. The summed E-state index contributed by atoms with van der Waals surface area (Å²) in [7, 11) is 0. The SMILES string of the molecule is O=C(O)CNC(=O)c1c(O)sc2cc(-c3ccc(F)cc3)ccc2c1=O.O=C(O)CNC(=O)c1c(O)sc2cc(-c3ccccc3)ccc2c1=O. The number of carboxylic acids is 2. The van der Waals surface area contributed by atoms with Crippen LogP contribution in [0.5, 0.6) is 10.1 Å². The molecular formula is C36H25FN2O10S2. The van der Waals surface area contributed by atoms with Gasteiger partial charge in [-0.3, -0.25) is 28.8 Å². The van der Waals surface area contributed by atoms with Gasteiger partial charge in [-0.1, -0.05) is 77.3 Å². The van der Waals surface area contributed by atoms with Crippen molar-refractivity contribution in [2.75, 3.05) is 13.1 Å². The van der Waals surface area contributed by atoms with Gasteiger partial charge in [-0.15, -0.1) is 0 Å². The fraction of sp³-hybridized carbons (Fsp3) is 0.0556. The van der Waals surface area contributed by atoms with Gasteiger partial charge in [0.05, 0.1) is 0 Å². The molecule has 0 saturated carbocycles. The summed E-state index contributed by atoms with van der Waals surface area (Å²) in [5.41, 5.74) is 1.05. The van der Waals surface area contributed by atoms with Crippen LogP contribution in [0.1, 0.15) is 20.7 Å². The Hall–Kier alpha value is -6.45. The van der Waals surface area contributed by atoms with E-state index in [9.17, 15) is 43.4 Å². The minimum absolute atomic E-state index is 0.221. The van der Waals surface area contributed by atoms with Crippen molar-refractivity contribution < 1.29 is 44.0 Å². The quantitative estimate of drug-likeness (QED) is 0.123. The number of carbonyl (C=O) groups excluding carboxylic acids is 2. The Morgan fingerprint density at radius 1 is 0.569 bits per heavy atom. The summed E-state index contributed by atoms with van der Waals surface area (Å²) in [4.78, 5) is 70.1. The van der Waals surface area contributed by atoms with Crippen molar-refractivity contribution >= 4 is 66.6 Å². The molecule has 2 aromatic heterocycles. The van der Waals surface area contributed by atoms with Gasteiger partial charge >= 0.3 is 11.9 Å². The smallest absolute Gasteiger partial charge is 0.322 e. The number of fused-ring (bicyclic) bond motifs is 2. The van der Waals surface area contributed by atoms with Crippen LogP contribution in [0.4, 0.5) is 4.39 Å². The Morgan fingerprint density at radius 3 is 1.37 bits per heavy atom. The van der Waals surface area contributed by atoms with E-state index in [1.165, 1.54) is 18.2 Å². The van der Waals surface area contributed by atoms with Crippen molar-refractivity contribution in [3.63, 3.8) is 0 Å². The molecule has 0 radical (unpaired) electrons. The highest BCUT2D eigenvalue weighted by molar-refractivity contribution is 7.20. The lowest BCUT2D eigenvalue weighted by Gasteiger charge is -2.07. The van der Waals surface area contributed by atoms with E-state index in [4.69, 9.17) is 10.2 Å². The molecule has 0 atom stereocenters. The van der Waals surface area contributed by atoms with E-state index in [-0.39, 0.29) is 11.2 Å². The van der Waals surface area contributed by atoms with E-state index >= 15 is 0 Å². The van der Waals surface area contributed by atoms with Gasteiger partial charge in [0.15, 0.2) is 10.1 Å². The van der Waals surface area contributed by atoms with Gasteiger partial charge in [0, 0.05) is 20.2 Å². The lowest BCUT2D eigenvalue weighted by Crippen LogP contribution is -2.32. The number of hydrogen-bond donors (Lipinski definition) is 6. The number of aromatic hydroxyl groups is 2. The molecule has 6 rings (SSSR count). The Labute approximate surface area is 294 Å². The number of nitrogens with one attached hydrogen (secondary N) is 2. The Bertz CT molecular complexity index is 2450. The lowest BCUT2D eigenvalue weighted by atomic mass is 10.0. The van der Waals surface area contributed by atoms with Gasteiger partial charge in [-0.2, -0.15) is 0 Å². The third-order valence-corrected chi connectivity index (χ3v) is 9.20. The topological polar surface area (TPSA) is 207 Å². The van der Waals surface area contributed by atoms with E-state index in [0.29, 0.717) is 14.8 Å². The van der Waals surface area contributed by atoms with E-state index in [1.807, 2.05) is 30.3 Å². The second kappa shape index (κ2) is 15.4. The van der Waals surface area contributed by atoms with Crippen LogP contribution in [0.3, 0.4) is 0 Å². The number of carbonyl (C=O) groups is 4. The molecule has 12 nitrogen and oxygen atoms in total. The third kappa shape index (κ3) is 8.24. The average molecular weight is 729 g/mol. The van der Waals surface area contributed by atoms with E-state index in [1.54, 1.807) is 42.5 Å². The summed E-state index contributed by atoms with van der Waals surface area (Å²) in [6.45, 7) is -1.29. The summed E-state index contributed by atoms with van der Waals surface area (Å²) in [6, 6.07) is 25.3. The summed E-state index contributed by atoms with van der Waals surface area (Å²) < 4.78 is 14.0. The molecule has 6 N–H and O–H groups in total. The van der Waals surface area contributed by atoms with Gasteiger partial charge in [0.1, 0.15) is 30.0 Å². The predicted molar refractivity (Wildman–Crippen MR) is 190 cm³/mol. The number of aliphatic carboxylic acids is 2. The third-order valence-electron chi connectivity index (χ3n) is 7.29. The molecule has 51 heavy (non-hydrogen) atoms. The zero-order valence-corrected chi connectivity index (χ0v) is 27.6. The molecule has 0 spiro atoms. The lowest BCUT2D eigenvalue weighted by molar-refractivity contribution is -0.136. The first-order valence-electron chi connectivity index (χ1n) is 14.7. The molecule has 2 heterocycles. The average Bonchev–Trinajstić information content (AvgIpc) is 3.10. The minimum Gasteiger partial charge on any atom is -0.499 e. The van der Waals surface area contributed by atoms with Crippen LogP contribution >= 0.6 is 22.7 Å². The monoisotopic (exact) mass is 728 g/mol. The molecule has 0 fully saturated rings. The maximum atomic E-state index is 13.0. The number of halogens is 1. The minimum atomic E-state index is -1.27. The first-order valence-corrected chi connectivity index (χ1v) is 16.4. The van der Waals surface area contributed by atoms with Crippen LogP contribution in [0.2, 0.25) is 0 Å². The first kappa shape index (κ1) is 35.8. The Kier molecular flexibility index (Phi) is 10.8. The molecule has 0 bridgehead atoms. The molecule has 0 unspecified atom stereocenters. The van der Waals surface area contributed by atoms with Crippen molar-refractivity contribution in [2.24, 2.45) is 0 Å². The summed E-state index contributed by atoms with van der Waals surface area (Å²) in [5, 5.41) is 41.1. The fourth-order valence-electron chi connectivity index (χ4n) is 4.88. The Balaban J connectivity index is 0.000000198. The zero-order valence-electron chi connectivity index (χ0n) is 26.0. The molecule has 0 aliphatic heterocycles. The van der Waals surface area contributed by atoms with Gasteiger partial charge in [-0.05, 0) is 58.7 Å². The van der Waals surface area contributed by atoms with Crippen LogP contribution < -0.4 is 21.5 Å². The van der Waals surface area contributed by atoms with E-state index < -0.39 is 69.0 Å². The van der Waals surface area contributed by atoms with Crippen LogP contribution in [0.25, 0.3) is 42.4 Å². The highest BCUT2D eigenvalue weighted by atomic mass is 32.1. The molecule has 0 aliphatic carbocycles. The number of amides is 2. The largest absolute Gasteiger partial charge is 0.499 e. The van der Waals surface area contributed by atoms with Crippen LogP contribution in [-0.2, 0) is 9.59 Å². The molecule has 258 valence electrons. The zero-order chi connectivity index (χ0) is 36.8. The number of carboxylic acid groups (broad SMARTS) is 2. The second-order valence-corrected chi connectivity index (χ2v) is 12.7.